The van der Waals surface area contributed by atoms with Crippen LogP contribution in [0.1, 0.15) is 16.1 Å². The van der Waals surface area contributed by atoms with Crippen LogP contribution in [0, 0.1) is 0 Å². The molecule has 0 aromatic carbocycles. The van der Waals surface area contributed by atoms with Gasteiger partial charge in [0.05, 0.1) is 0 Å². The zero-order valence-corrected chi connectivity index (χ0v) is 8.48. The molecule has 1 amide bonds. The fraction of sp³-hybridized carbons (Fsp3) is 0.429. The normalized spacial score (nSPS) is 13.7. The summed E-state index contributed by atoms with van der Waals surface area (Å²) in [6, 6.07) is -5.71. The SMILES string of the molecule is NC(=O)c1nn(C(F)(F)C(F)(F)F)cc1C(F)(F)F. The molecule has 0 aliphatic rings. The van der Waals surface area contributed by atoms with E-state index in [2.05, 4.69) is 10.8 Å². The number of halogens is 8. The van der Waals surface area contributed by atoms with E-state index in [0.717, 1.165) is 0 Å². The Labute approximate surface area is 98.3 Å². The highest BCUT2D eigenvalue weighted by Crippen LogP contribution is 2.41. The maximum absolute atomic E-state index is 12.8. The molecule has 1 rings (SSSR count). The third kappa shape index (κ3) is 2.61. The van der Waals surface area contributed by atoms with Crippen molar-refractivity contribution in [2.45, 2.75) is 18.4 Å². The molecule has 0 saturated carbocycles. The van der Waals surface area contributed by atoms with Gasteiger partial charge in [0.2, 0.25) is 0 Å². The molecular weight excluding hydrogens is 294 g/mol. The summed E-state index contributed by atoms with van der Waals surface area (Å²) >= 11 is 0. The van der Waals surface area contributed by atoms with Crippen molar-refractivity contribution in [3.8, 4) is 0 Å². The van der Waals surface area contributed by atoms with Gasteiger partial charge in [-0.1, -0.05) is 0 Å². The molecule has 19 heavy (non-hydrogen) atoms. The Morgan fingerprint density at radius 2 is 1.58 bits per heavy atom. The van der Waals surface area contributed by atoms with Crippen molar-refractivity contribution in [3.05, 3.63) is 17.5 Å². The zero-order valence-electron chi connectivity index (χ0n) is 8.48. The lowest BCUT2D eigenvalue weighted by Crippen LogP contribution is -2.40. The maximum Gasteiger partial charge on any atom is 0.477 e. The Kier molecular flexibility index (Phi) is 3.25. The van der Waals surface area contributed by atoms with Gasteiger partial charge in [-0.2, -0.15) is 44.9 Å². The number of aromatic nitrogens is 2. The molecule has 1 heterocycles. The molecular formula is C7H3F8N3O. The van der Waals surface area contributed by atoms with Crippen molar-refractivity contribution in [3.63, 3.8) is 0 Å². The van der Waals surface area contributed by atoms with Crippen molar-refractivity contribution >= 4 is 5.91 Å². The van der Waals surface area contributed by atoms with E-state index in [1.165, 1.54) is 0 Å². The van der Waals surface area contributed by atoms with Crippen LogP contribution in [-0.4, -0.2) is 21.9 Å². The second kappa shape index (κ2) is 4.06. The Bertz CT molecular complexity index is 499. The molecule has 0 fully saturated rings. The minimum atomic E-state index is -6.18. The fourth-order valence-corrected chi connectivity index (χ4v) is 1.04. The van der Waals surface area contributed by atoms with Crippen molar-refractivity contribution in [2.75, 3.05) is 0 Å². The van der Waals surface area contributed by atoms with Gasteiger partial charge in [0.15, 0.2) is 5.69 Å². The molecule has 0 radical (unpaired) electrons. The summed E-state index contributed by atoms with van der Waals surface area (Å²) in [6.07, 6.45) is -12.2. The molecule has 2 N–H and O–H groups in total. The van der Waals surface area contributed by atoms with Gasteiger partial charge >= 0.3 is 18.4 Å². The summed E-state index contributed by atoms with van der Waals surface area (Å²) in [6.45, 7) is 0. The van der Waals surface area contributed by atoms with Gasteiger partial charge in [0, 0.05) is 6.20 Å². The molecule has 0 bridgehead atoms. The van der Waals surface area contributed by atoms with E-state index in [1.807, 2.05) is 0 Å². The largest absolute Gasteiger partial charge is 0.477 e. The van der Waals surface area contributed by atoms with E-state index in [1.54, 1.807) is 0 Å². The summed E-state index contributed by atoms with van der Waals surface area (Å²) < 4.78 is 97.0. The Morgan fingerprint density at radius 3 is 1.84 bits per heavy atom. The van der Waals surface area contributed by atoms with E-state index in [4.69, 9.17) is 0 Å². The number of primary amides is 1. The number of rotatable bonds is 2. The summed E-state index contributed by atoms with van der Waals surface area (Å²) in [4.78, 5) is 10.6. The van der Waals surface area contributed by atoms with Gasteiger partial charge in [-0.15, -0.1) is 0 Å². The summed E-state index contributed by atoms with van der Waals surface area (Å²) in [7, 11) is 0. The minimum Gasteiger partial charge on any atom is -0.364 e. The van der Waals surface area contributed by atoms with Crippen LogP contribution >= 0.6 is 0 Å². The Morgan fingerprint density at radius 1 is 1.11 bits per heavy atom. The highest BCUT2D eigenvalue weighted by atomic mass is 19.4. The molecule has 1 aromatic rings. The summed E-state index contributed by atoms with van der Waals surface area (Å²) in [5, 5.41) is 2.27. The number of amides is 1. The maximum atomic E-state index is 12.8. The first-order valence-electron chi connectivity index (χ1n) is 4.20. The van der Waals surface area contributed by atoms with Gasteiger partial charge in [-0.05, 0) is 0 Å². The first-order chi connectivity index (χ1) is 8.28. The van der Waals surface area contributed by atoms with Crippen molar-refractivity contribution in [1.82, 2.24) is 9.78 Å². The van der Waals surface area contributed by atoms with Gasteiger partial charge in [-0.25, -0.2) is 0 Å². The predicted molar refractivity (Wildman–Crippen MR) is 42.0 cm³/mol. The van der Waals surface area contributed by atoms with E-state index >= 15 is 0 Å². The number of nitrogens with zero attached hydrogens (tertiary/aromatic N) is 2. The molecule has 108 valence electrons. The number of carbonyl (C=O) groups excluding carboxylic acids is 1. The number of carbonyl (C=O) groups is 1. The van der Waals surface area contributed by atoms with Gasteiger partial charge < -0.3 is 5.73 Å². The van der Waals surface area contributed by atoms with Crippen LogP contribution in [0.15, 0.2) is 6.20 Å². The monoisotopic (exact) mass is 297 g/mol. The van der Waals surface area contributed by atoms with Crippen LogP contribution in [0.5, 0.6) is 0 Å². The van der Waals surface area contributed by atoms with E-state index in [0.29, 0.717) is 0 Å². The molecule has 0 aliphatic carbocycles. The Balaban J connectivity index is 3.47. The quantitative estimate of drug-likeness (QED) is 0.850. The second-order valence-electron chi connectivity index (χ2n) is 3.24. The van der Waals surface area contributed by atoms with Crippen LogP contribution in [0.4, 0.5) is 35.1 Å². The molecule has 0 atom stereocenters. The van der Waals surface area contributed by atoms with Crippen LogP contribution in [-0.2, 0) is 12.2 Å². The van der Waals surface area contributed by atoms with Gasteiger partial charge in [-0.3, -0.25) is 4.79 Å². The highest BCUT2D eigenvalue weighted by Gasteiger charge is 2.61. The van der Waals surface area contributed by atoms with Crippen molar-refractivity contribution in [2.24, 2.45) is 5.73 Å². The lowest BCUT2D eigenvalue weighted by atomic mass is 10.2. The van der Waals surface area contributed by atoms with Gasteiger partial charge in [0.1, 0.15) is 5.56 Å². The zero-order chi connectivity index (χ0) is 15.2. The molecule has 0 saturated heterocycles. The van der Waals surface area contributed by atoms with E-state index in [9.17, 15) is 39.9 Å². The van der Waals surface area contributed by atoms with Crippen LogP contribution in [0.3, 0.4) is 0 Å². The predicted octanol–water partition coefficient (Wildman–Crippen LogP) is 2.11. The van der Waals surface area contributed by atoms with Crippen molar-refractivity contribution in [1.29, 1.82) is 0 Å². The Hall–Kier alpha value is -1.88. The number of nitrogens with two attached hydrogens (primary N) is 1. The third-order valence-corrected chi connectivity index (χ3v) is 1.88. The first-order valence-corrected chi connectivity index (χ1v) is 4.20. The number of alkyl halides is 8. The van der Waals surface area contributed by atoms with E-state index in [-0.39, 0.29) is 0 Å². The number of hydrogen-bond donors (Lipinski definition) is 1. The van der Waals surface area contributed by atoms with Crippen molar-refractivity contribution < 1.29 is 39.9 Å². The minimum absolute atomic E-state index is 0.631. The lowest BCUT2D eigenvalue weighted by molar-refractivity contribution is -0.328. The smallest absolute Gasteiger partial charge is 0.364 e. The van der Waals surface area contributed by atoms with Crippen LogP contribution < -0.4 is 5.73 Å². The second-order valence-corrected chi connectivity index (χ2v) is 3.24. The molecule has 0 unspecified atom stereocenters. The molecule has 1 aromatic heterocycles. The molecule has 0 aliphatic heterocycles. The van der Waals surface area contributed by atoms with E-state index < -0.39 is 46.4 Å². The van der Waals surface area contributed by atoms with Gasteiger partial charge in [0.25, 0.3) is 5.91 Å². The first kappa shape index (κ1) is 15.2. The lowest BCUT2D eigenvalue weighted by Gasteiger charge is -2.19. The molecule has 12 heteroatoms. The summed E-state index contributed by atoms with van der Waals surface area (Å²) in [5.74, 6) is -1.89. The molecule has 0 spiro atoms. The fourth-order valence-electron chi connectivity index (χ4n) is 1.04. The topological polar surface area (TPSA) is 60.9 Å². The average molecular weight is 297 g/mol. The third-order valence-electron chi connectivity index (χ3n) is 1.88. The molecule has 4 nitrogen and oxygen atoms in total. The standard InChI is InChI=1S/C7H3F8N3O/c8-5(9,10)2-1-18(17-3(2)4(16)19)7(14,15)6(11,12)13/h1H,(H2,16,19). The van der Waals surface area contributed by atoms with Crippen LogP contribution in [0.25, 0.3) is 0 Å². The highest BCUT2D eigenvalue weighted by molar-refractivity contribution is 5.92. The number of hydrogen-bond acceptors (Lipinski definition) is 2. The van der Waals surface area contributed by atoms with Crippen LogP contribution in [0.2, 0.25) is 0 Å². The average Bonchev–Trinajstić information content (AvgIpc) is 2.59. The summed E-state index contributed by atoms with van der Waals surface area (Å²) in [5.41, 5.74) is 0.631.